The Labute approximate surface area is 154 Å². The summed E-state index contributed by atoms with van der Waals surface area (Å²) in [6.45, 7) is 2.80. The maximum Gasteiger partial charge on any atom is 0.276 e. The van der Waals surface area contributed by atoms with Crippen LogP contribution in [0, 0.1) is 0 Å². The van der Waals surface area contributed by atoms with Crippen LogP contribution in [0.25, 0.3) is 10.6 Å². The summed E-state index contributed by atoms with van der Waals surface area (Å²) >= 11 is 13.4. The van der Waals surface area contributed by atoms with E-state index in [0.717, 1.165) is 23.5 Å². The first-order valence-electron chi connectivity index (χ1n) is 7.47. The number of nitrogens with one attached hydrogen (secondary N) is 1. The van der Waals surface area contributed by atoms with Gasteiger partial charge in [0.05, 0.1) is 14.9 Å². The summed E-state index contributed by atoms with van der Waals surface area (Å²) in [7, 11) is 0. The number of benzene rings is 1. The number of hydrogen-bond donors (Lipinski definition) is 1. The molecule has 0 fully saturated rings. The molecular formula is C17H15Cl2N3OS. The fraction of sp³-hybridized carbons (Fsp3) is 0.176. The van der Waals surface area contributed by atoms with Gasteiger partial charge in [0.1, 0.15) is 0 Å². The summed E-state index contributed by atoms with van der Waals surface area (Å²) in [5, 5.41) is 7.82. The number of aryl methyl sites for hydroxylation is 1. The molecule has 1 N–H and O–H groups in total. The first kappa shape index (κ1) is 17.0. The minimum Gasteiger partial charge on any atom is -0.321 e. The number of rotatable bonds is 5. The van der Waals surface area contributed by atoms with Crippen molar-refractivity contribution in [1.29, 1.82) is 0 Å². The van der Waals surface area contributed by atoms with E-state index in [9.17, 15) is 4.79 Å². The fourth-order valence-corrected chi connectivity index (χ4v) is 3.58. The Bertz CT molecular complexity index is 872. The Hall–Kier alpha value is -1.82. The molecule has 0 bridgehead atoms. The SMILES string of the molecule is CCCn1nc(C(=O)Nc2cccc(Cl)c2)cc1-c1ccc(Cl)s1. The van der Waals surface area contributed by atoms with Gasteiger partial charge in [-0.25, -0.2) is 0 Å². The van der Waals surface area contributed by atoms with Crippen LogP contribution in [0.4, 0.5) is 5.69 Å². The monoisotopic (exact) mass is 379 g/mol. The summed E-state index contributed by atoms with van der Waals surface area (Å²) in [4.78, 5) is 13.5. The van der Waals surface area contributed by atoms with Crippen LogP contribution in [0.15, 0.2) is 42.5 Å². The van der Waals surface area contributed by atoms with E-state index in [1.807, 2.05) is 16.8 Å². The lowest BCUT2D eigenvalue weighted by molar-refractivity contribution is 0.102. The van der Waals surface area contributed by atoms with Crippen molar-refractivity contribution in [1.82, 2.24) is 9.78 Å². The second kappa shape index (κ2) is 7.38. The summed E-state index contributed by atoms with van der Waals surface area (Å²) < 4.78 is 2.55. The Morgan fingerprint density at radius 2 is 2.08 bits per heavy atom. The topological polar surface area (TPSA) is 46.9 Å². The predicted octanol–water partition coefficient (Wildman–Crippen LogP) is 5.58. The number of amides is 1. The summed E-state index contributed by atoms with van der Waals surface area (Å²) in [5.74, 6) is -0.268. The van der Waals surface area contributed by atoms with Crippen molar-refractivity contribution >= 4 is 46.1 Å². The molecule has 3 rings (SSSR count). The molecule has 124 valence electrons. The minimum absolute atomic E-state index is 0.268. The first-order chi connectivity index (χ1) is 11.6. The minimum atomic E-state index is -0.268. The molecule has 1 aromatic carbocycles. The van der Waals surface area contributed by atoms with Gasteiger partial charge in [-0.15, -0.1) is 11.3 Å². The Morgan fingerprint density at radius 1 is 1.25 bits per heavy atom. The van der Waals surface area contributed by atoms with Gasteiger partial charge in [0.25, 0.3) is 5.91 Å². The van der Waals surface area contributed by atoms with Crippen molar-refractivity contribution in [3.05, 3.63) is 57.5 Å². The van der Waals surface area contributed by atoms with Gasteiger partial charge >= 0.3 is 0 Å². The molecule has 7 heteroatoms. The van der Waals surface area contributed by atoms with Crippen LogP contribution in [-0.2, 0) is 6.54 Å². The number of nitrogens with zero attached hydrogens (tertiary/aromatic N) is 2. The zero-order valence-corrected chi connectivity index (χ0v) is 15.3. The van der Waals surface area contributed by atoms with Crippen LogP contribution in [0.3, 0.4) is 0 Å². The highest BCUT2D eigenvalue weighted by atomic mass is 35.5. The van der Waals surface area contributed by atoms with Crippen LogP contribution >= 0.6 is 34.5 Å². The molecule has 24 heavy (non-hydrogen) atoms. The molecule has 0 atom stereocenters. The van der Waals surface area contributed by atoms with E-state index >= 15 is 0 Å². The predicted molar refractivity (Wildman–Crippen MR) is 100 cm³/mol. The van der Waals surface area contributed by atoms with Crippen LogP contribution < -0.4 is 5.32 Å². The third-order valence-electron chi connectivity index (χ3n) is 3.36. The van der Waals surface area contributed by atoms with E-state index in [1.54, 1.807) is 30.3 Å². The molecule has 4 nitrogen and oxygen atoms in total. The van der Waals surface area contributed by atoms with Gasteiger partial charge in [0.2, 0.25) is 0 Å². The molecule has 2 heterocycles. The lowest BCUT2D eigenvalue weighted by Gasteiger charge is -2.04. The number of carbonyl (C=O) groups excluding carboxylic acids is 1. The molecular weight excluding hydrogens is 365 g/mol. The van der Waals surface area contributed by atoms with Crippen LogP contribution in [0.1, 0.15) is 23.8 Å². The third kappa shape index (κ3) is 3.80. The quantitative estimate of drug-likeness (QED) is 0.628. The molecule has 0 saturated carbocycles. The molecule has 0 aliphatic heterocycles. The summed E-state index contributed by atoms with van der Waals surface area (Å²) in [6, 6.07) is 12.6. The van der Waals surface area contributed by atoms with E-state index in [1.165, 1.54) is 11.3 Å². The second-order valence-corrected chi connectivity index (χ2v) is 7.36. The average molecular weight is 380 g/mol. The number of aromatic nitrogens is 2. The largest absolute Gasteiger partial charge is 0.321 e. The maximum absolute atomic E-state index is 12.5. The zero-order valence-electron chi connectivity index (χ0n) is 12.9. The van der Waals surface area contributed by atoms with E-state index in [2.05, 4.69) is 17.3 Å². The summed E-state index contributed by atoms with van der Waals surface area (Å²) in [5.41, 5.74) is 1.89. The van der Waals surface area contributed by atoms with E-state index in [-0.39, 0.29) is 5.91 Å². The molecule has 1 amide bonds. The average Bonchev–Trinajstić information content (AvgIpc) is 3.14. The standard InChI is InChI=1S/C17H15Cl2N3OS/c1-2-8-22-14(15-6-7-16(19)24-15)10-13(21-22)17(23)20-12-5-3-4-11(18)9-12/h3-7,9-10H,2,8H2,1H3,(H,20,23). The van der Waals surface area contributed by atoms with Gasteiger partial charge in [0.15, 0.2) is 5.69 Å². The first-order valence-corrected chi connectivity index (χ1v) is 9.04. The van der Waals surface area contributed by atoms with Crippen LogP contribution in [0.5, 0.6) is 0 Å². The number of halogens is 2. The van der Waals surface area contributed by atoms with Crippen LogP contribution in [-0.4, -0.2) is 15.7 Å². The molecule has 0 saturated heterocycles. The normalized spacial score (nSPS) is 10.8. The molecule has 0 aliphatic carbocycles. The number of thiophene rings is 1. The van der Waals surface area contributed by atoms with Gasteiger partial charge in [0, 0.05) is 17.3 Å². The van der Waals surface area contributed by atoms with Crippen molar-refractivity contribution in [3.8, 4) is 10.6 Å². The molecule has 0 radical (unpaired) electrons. The van der Waals surface area contributed by atoms with Crippen molar-refractivity contribution in [2.24, 2.45) is 0 Å². The van der Waals surface area contributed by atoms with Gasteiger partial charge < -0.3 is 5.32 Å². The number of carbonyl (C=O) groups is 1. The van der Waals surface area contributed by atoms with Crippen molar-refractivity contribution in [2.75, 3.05) is 5.32 Å². The van der Waals surface area contributed by atoms with Crippen LogP contribution in [0.2, 0.25) is 9.36 Å². The summed E-state index contributed by atoms with van der Waals surface area (Å²) in [6.07, 6.45) is 0.920. The van der Waals surface area contributed by atoms with E-state index in [4.69, 9.17) is 23.2 Å². The highest BCUT2D eigenvalue weighted by molar-refractivity contribution is 7.19. The smallest absolute Gasteiger partial charge is 0.276 e. The van der Waals surface area contributed by atoms with E-state index in [0.29, 0.717) is 20.7 Å². The van der Waals surface area contributed by atoms with Crippen molar-refractivity contribution < 1.29 is 4.79 Å². The van der Waals surface area contributed by atoms with Crippen molar-refractivity contribution in [3.63, 3.8) is 0 Å². The molecule has 0 aliphatic rings. The molecule has 2 aromatic heterocycles. The third-order valence-corrected chi connectivity index (χ3v) is 4.84. The second-order valence-electron chi connectivity index (χ2n) is 5.21. The Morgan fingerprint density at radius 3 is 2.75 bits per heavy atom. The fourth-order valence-electron chi connectivity index (χ4n) is 2.32. The Balaban J connectivity index is 1.89. The van der Waals surface area contributed by atoms with Gasteiger partial charge in [-0.1, -0.05) is 36.2 Å². The highest BCUT2D eigenvalue weighted by Gasteiger charge is 2.16. The Kier molecular flexibility index (Phi) is 5.23. The highest BCUT2D eigenvalue weighted by Crippen LogP contribution is 2.31. The van der Waals surface area contributed by atoms with E-state index < -0.39 is 0 Å². The van der Waals surface area contributed by atoms with Gasteiger partial charge in [-0.2, -0.15) is 5.10 Å². The number of anilines is 1. The zero-order chi connectivity index (χ0) is 17.1. The molecule has 0 spiro atoms. The lowest BCUT2D eigenvalue weighted by atomic mass is 10.2. The molecule has 0 unspecified atom stereocenters. The van der Waals surface area contributed by atoms with Gasteiger partial charge in [-0.05, 0) is 42.8 Å². The molecule has 3 aromatic rings. The maximum atomic E-state index is 12.5. The van der Waals surface area contributed by atoms with Gasteiger partial charge in [-0.3, -0.25) is 9.48 Å². The number of hydrogen-bond acceptors (Lipinski definition) is 3. The van der Waals surface area contributed by atoms with Crippen molar-refractivity contribution in [2.45, 2.75) is 19.9 Å². The lowest BCUT2D eigenvalue weighted by Crippen LogP contribution is -2.13.